The summed E-state index contributed by atoms with van der Waals surface area (Å²) in [7, 11) is -1.47. The van der Waals surface area contributed by atoms with E-state index >= 15 is 0 Å². The summed E-state index contributed by atoms with van der Waals surface area (Å²) in [6.45, 7) is 8.31. The molecule has 0 N–H and O–H groups in total. The summed E-state index contributed by atoms with van der Waals surface area (Å²) < 4.78 is 35.2. The Labute approximate surface area is 179 Å². The molecule has 1 aliphatic carbocycles. The topological polar surface area (TPSA) is 87.0 Å². The lowest BCUT2D eigenvalue weighted by atomic mass is 9.88. The molecule has 1 aromatic heterocycles. The van der Waals surface area contributed by atoms with Gasteiger partial charge >= 0.3 is 0 Å². The molecule has 0 spiro atoms. The normalized spacial score (nSPS) is 29.2. The van der Waals surface area contributed by atoms with Crippen molar-refractivity contribution in [2.24, 2.45) is 5.92 Å². The minimum atomic E-state index is -3.50. The van der Waals surface area contributed by atoms with Crippen molar-refractivity contribution in [3.05, 3.63) is 17.5 Å². The fourth-order valence-electron chi connectivity index (χ4n) is 4.66. The standard InChI is InChI=1S/C21H34N4O4S/c1-15-11-16(12-19(26)18-13-20(29-22-18)17-5-6-17)7-8-25(15)30(27,28)24-10-9-23(4)21(2,3)14-24/h13,15-17H,5-12,14H2,1-4H3/t15-,16-/m0/s1. The second kappa shape index (κ2) is 8.00. The van der Waals surface area contributed by atoms with Gasteiger partial charge in [0, 0.05) is 56.2 Å². The minimum absolute atomic E-state index is 0.0000237. The molecule has 3 aliphatic rings. The molecule has 2 atom stereocenters. The van der Waals surface area contributed by atoms with Gasteiger partial charge in [-0.3, -0.25) is 9.69 Å². The number of carbonyl (C=O) groups excluding carboxylic acids is 1. The number of piperidine rings is 1. The number of hydrogen-bond acceptors (Lipinski definition) is 6. The summed E-state index contributed by atoms with van der Waals surface area (Å²) in [6, 6.07) is 1.67. The number of hydrogen-bond donors (Lipinski definition) is 0. The Morgan fingerprint density at radius 3 is 2.60 bits per heavy atom. The van der Waals surface area contributed by atoms with Crippen LogP contribution in [0.5, 0.6) is 0 Å². The summed E-state index contributed by atoms with van der Waals surface area (Å²) in [4.78, 5) is 14.8. The van der Waals surface area contributed by atoms with Gasteiger partial charge in [0.1, 0.15) is 11.5 Å². The monoisotopic (exact) mass is 438 g/mol. The highest BCUT2D eigenvalue weighted by Gasteiger charge is 2.42. The summed E-state index contributed by atoms with van der Waals surface area (Å²) in [5.74, 6) is 1.43. The van der Waals surface area contributed by atoms with Crippen molar-refractivity contribution in [3.8, 4) is 0 Å². The van der Waals surface area contributed by atoms with Gasteiger partial charge in [-0.2, -0.15) is 17.0 Å². The van der Waals surface area contributed by atoms with Gasteiger partial charge in [0.2, 0.25) is 0 Å². The van der Waals surface area contributed by atoms with Crippen LogP contribution in [0, 0.1) is 5.92 Å². The van der Waals surface area contributed by atoms with Gasteiger partial charge in [0.25, 0.3) is 10.2 Å². The Balaban J connectivity index is 1.35. The van der Waals surface area contributed by atoms with Crippen LogP contribution in [0.4, 0.5) is 0 Å². The zero-order valence-corrected chi connectivity index (χ0v) is 19.3. The van der Waals surface area contributed by atoms with Crippen molar-refractivity contribution in [1.82, 2.24) is 18.7 Å². The maximum Gasteiger partial charge on any atom is 0.282 e. The molecular formula is C21H34N4O4S. The first kappa shape index (κ1) is 21.9. The van der Waals surface area contributed by atoms with E-state index in [1.54, 1.807) is 14.7 Å². The van der Waals surface area contributed by atoms with Crippen LogP contribution in [0.1, 0.15) is 75.0 Å². The van der Waals surface area contributed by atoms with Gasteiger partial charge in [0.05, 0.1) is 0 Å². The average Bonchev–Trinajstić information content (AvgIpc) is 3.40. The average molecular weight is 439 g/mol. The summed E-state index contributed by atoms with van der Waals surface area (Å²) in [5, 5.41) is 3.96. The smallest absolute Gasteiger partial charge is 0.282 e. The van der Waals surface area contributed by atoms with E-state index in [2.05, 4.69) is 23.9 Å². The van der Waals surface area contributed by atoms with E-state index < -0.39 is 10.2 Å². The first-order valence-electron chi connectivity index (χ1n) is 11.1. The van der Waals surface area contributed by atoms with Crippen LogP contribution in [0.2, 0.25) is 0 Å². The molecule has 30 heavy (non-hydrogen) atoms. The van der Waals surface area contributed by atoms with E-state index in [1.807, 2.05) is 14.0 Å². The molecule has 2 saturated heterocycles. The predicted molar refractivity (Wildman–Crippen MR) is 114 cm³/mol. The number of rotatable bonds is 6. The molecule has 3 heterocycles. The lowest BCUT2D eigenvalue weighted by Crippen LogP contribution is -2.62. The van der Waals surface area contributed by atoms with Crippen LogP contribution >= 0.6 is 0 Å². The van der Waals surface area contributed by atoms with Gasteiger partial charge < -0.3 is 4.52 Å². The van der Waals surface area contributed by atoms with Gasteiger partial charge in [-0.05, 0) is 59.4 Å². The number of Topliss-reactive ketones (excluding diaryl/α,β-unsaturated/α-hetero) is 1. The second-order valence-electron chi connectivity index (χ2n) is 9.94. The first-order valence-corrected chi connectivity index (χ1v) is 12.5. The number of ketones is 1. The summed E-state index contributed by atoms with van der Waals surface area (Å²) in [5.41, 5.74) is 0.232. The molecule has 0 amide bonds. The third-order valence-electron chi connectivity index (χ3n) is 7.10. The molecule has 3 fully saturated rings. The van der Waals surface area contributed by atoms with E-state index in [0.717, 1.165) is 25.1 Å². The van der Waals surface area contributed by atoms with Crippen LogP contribution in [0.25, 0.3) is 0 Å². The molecule has 0 radical (unpaired) electrons. The Kier molecular flexibility index (Phi) is 5.85. The van der Waals surface area contributed by atoms with E-state index in [0.29, 0.717) is 50.5 Å². The van der Waals surface area contributed by atoms with Crippen molar-refractivity contribution in [2.45, 2.75) is 70.4 Å². The van der Waals surface area contributed by atoms with Crippen LogP contribution in [-0.2, 0) is 10.2 Å². The lowest BCUT2D eigenvalue weighted by molar-refractivity contribution is 0.0728. The predicted octanol–water partition coefficient (Wildman–Crippen LogP) is 2.50. The first-order chi connectivity index (χ1) is 14.1. The Bertz CT molecular complexity index is 893. The fraction of sp³-hybridized carbons (Fsp3) is 0.810. The Morgan fingerprint density at radius 1 is 1.23 bits per heavy atom. The summed E-state index contributed by atoms with van der Waals surface area (Å²) >= 11 is 0. The van der Waals surface area contributed by atoms with Crippen molar-refractivity contribution in [1.29, 1.82) is 0 Å². The number of likely N-dealkylation sites (N-methyl/N-ethyl adjacent to an activating group) is 1. The van der Waals surface area contributed by atoms with E-state index in [4.69, 9.17) is 4.52 Å². The van der Waals surface area contributed by atoms with Crippen LogP contribution < -0.4 is 0 Å². The number of piperazine rings is 1. The third kappa shape index (κ3) is 4.35. The molecule has 0 bridgehead atoms. The van der Waals surface area contributed by atoms with Crippen molar-refractivity contribution in [2.75, 3.05) is 33.2 Å². The highest BCUT2D eigenvalue weighted by atomic mass is 32.2. The van der Waals surface area contributed by atoms with Gasteiger partial charge in [-0.25, -0.2) is 0 Å². The van der Waals surface area contributed by atoms with Crippen molar-refractivity contribution in [3.63, 3.8) is 0 Å². The molecule has 0 unspecified atom stereocenters. The fourth-order valence-corrected chi connectivity index (χ4v) is 6.63. The van der Waals surface area contributed by atoms with E-state index in [9.17, 15) is 13.2 Å². The van der Waals surface area contributed by atoms with Crippen molar-refractivity contribution < 1.29 is 17.7 Å². The van der Waals surface area contributed by atoms with Gasteiger partial charge in [-0.15, -0.1) is 0 Å². The van der Waals surface area contributed by atoms with Crippen molar-refractivity contribution >= 4 is 16.0 Å². The second-order valence-corrected chi connectivity index (χ2v) is 11.8. The highest BCUT2D eigenvalue weighted by Crippen LogP contribution is 2.40. The molecule has 0 aromatic carbocycles. The Hall–Kier alpha value is -1.29. The minimum Gasteiger partial charge on any atom is -0.360 e. The zero-order chi connectivity index (χ0) is 21.7. The maximum absolute atomic E-state index is 13.3. The number of carbonyl (C=O) groups is 1. The maximum atomic E-state index is 13.3. The molecule has 1 saturated carbocycles. The number of aromatic nitrogens is 1. The quantitative estimate of drug-likeness (QED) is 0.634. The van der Waals surface area contributed by atoms with Crippen LogP contribution in [-0.4, -0.2) is 77.7 Å². The largest absolute Gasteiger partial charge is 0.360 e. The van der Waals surface area contributed by atoms with Crippen LogP contribution in [0.15, 0.2) is 10.6 Å². The molecule has 1 aromatic rings. The zero-order valence-electron chi connectivity index (χ0n) is 18.5. The van der Waals surface area contributed by atoms with E-state index in [-0.39, 0.29) is 23.3 Å². The molecule has 168 valence electrons. The third-order valence-corrected chi connectivity index (χ3v) is 9.20. The van der Waals surface area contributed by atoms with E-state index in [1.165, 1.54) is 0 Å². The highest BCUT2D eigenvalue weighted by molar-refractivity contribution is 7.86. The van der Waals surface area contributed by atoms with Gasteiger partial charge in [-0.1, -0.05) is 5.16 Å². The molecule has 4 rings (SSSR count). The SMILES string of the molecule is C[C@H]1C[C@@H](CC(=O)c2cc(C3CC3)on2)CCN1S(=O)(=O)N1CCN(C)C(C)(C)C1. The molecule has 2 aliphatic heterocycles. The Morgan fingerprint density at radius 2 is 1.97 bits per heavy atom. The molecule has 8 nitrogen and oxygen atoms in total. The van der Waals surface area contributed by atoms with Gasteiger partial charge in [0.15, 0.2) is 5.78 Å². The lowest BCUT2D eigenvalue weighted by Gasteiger charge is -2.47. The summed E-state index contributed by atoms with van der Waals surface area (Å²) in [6.07, 6.45) is 4.00. The van der Waals surface area contributed by atoms with Crippen LogP contribution in [0.3, 0.4) is 0 Å². The molecule has 9 heteroatoms. The molecular weight excluding hydrogens is 404 g/mol. The number of nitrogens with zero attached hydrogens (tertiary/aromatic N) is 4.